The SMILES string of the molecule is CC(C)(C)c1cccc(N2CN(c3cc(Oc4ccc5c6cc(C(C)(C)c7ccccc7)ccc6n(-c6cc(C(C)(C)C)ccn6)c5c4)cc(C(C)(C)C)c3)c3ccccc32)c1. The number of anilines is 4. The molecule has 0 unspecified atom stereocenters. The average Bonchev–Trinajstić information content (AvgIpc) is 3.79. The van der Waals surface area contributed by atoms with Gasteiger partial charge in [0.05, 0.1) is 22.4 Å². The molecule has 0 aliphatic carbocycles. The lowest BCUT2D eigenvalue weighted by Crippen LogP contribution is -2.25. The molecule has 8 aromatic rings. The number of para-hydroxylation sites is 2. The Morgan fingerprint density at radius 1 is 0.435 bits per heavy atom. The number of hydrogen-bond donors (Lipinski definition) is 0. The number of pyridine rings is 1. The van der Waals surface area contributed by atoms with E-state index in [4.69, 9.17) is 9.72 Å². The molecule has 0 atom stereocenters. The highest BCUT2D eigenvalue weighted by molar-refractivity contribution is 6.10. The van der Waals surface area contributed by atoms with Gasteiger partial charge in [-0.15, -0.1) is 0 Å². The van der Waals surface area contributed by atoms with Gasteiger partial charge in [-0.25, -0.2) is 4.98 Å². The molecule has 0 N–H and O–H groups in total. The van der Waals surface area contributed by atoms with Crippen molar-refractivity contribution in [3.8, 4) is 17.3 Å². The van der Waals surface area contributed by atoms with Crippen molar-refractivity contribution in [2.75, 3.05) is 16.5 Å². The molecule has 1 aliphatic heterocycles. The zero-order valence-electron chi connectivity index (χ0n) is 38.3. The van der Waals surface area contributed by atoms with E-state index in [2.05, 4.69) is 236 Å². The Labute approximate surface area is 368 Å². The van der Waals surface area contributed by atoms with Gasteiger partial charge < -0.3 is 14.5 Å². The molecule has 0 radical (unpaired) electrons. The maximum atomic E-state index is 7.00. The van der Waals surface area contributed by atoms with Crippen molar-refractivity contribution >= 4 is 44.6 Å². The Kier molecular flexibility index (Phi) is 9.89. The number of aromatic nitrogens is 2. The summed E-state index contributed by atoms with van der Waals surface area (Å²) in [6.07, 6.45) is 1.94. The lowest BCUT2D eigenvalue weighted by atomic mass is 9.78. The first kappa shape index (κ1) is 41.0. The van der Waals surface area contributed by atoms with E-state index in [1.807, 2.05) is 6.20 Å². The molecule has 9 rings (SSSR count). The first-order valence-electron chi connectivity index (χ1n) is 22.1. The number of benzene rings is 6. The molecular formula is C57H60N4O. The van der Waals surface area contributed by atoms with Gasteiger partial charge in [0.15, 0.2) is 0 Å². The van der Waals surface area contributed by atoms with E-state index >= 15 is 0 Å². The Balaban J connectivity index is 1.15. The summed E-state index contributed by atoms with van der Waals surface area (Å²) in [5.74, 6) is 2.48. The first-order chi connectivity index (χ1) is 29.4. The summed E-state index contributed by atoms with van der Waals surface area (Å²) in [6, 6.07) is 53.1. The van der Waals surface area contributed by atoms with E-state index in [1.165, 1.54) is 50.3 Å². The molecule has 0 bridgehead atoms. The minimum atomic E-state index is -0.184. The van der Waals surface area contributed by atoms with Crippen molar-refractivity contribution in [1.29, 1.82) is 0 Å². The van der Waals surface area contributed by atoms with Crippen LogP contribution in [0.1, 0.15) is 104 Å². The first-order valence-corrected chi connectivity index (χ1v) is 22.1. The van der Waals surface area contributed by atoms with Gasteiger partial charge in [-0.05, 0) is 117 Å². The highest BCUT2D eigenvalue weighted by Gasteiger charge is 2.31. The van der Waals surface area contributed by atoms with E-state index < -0.39 is 0 Å². The second kappa shape index (κ2) is 14.9. The lowest BCUT2D eigenvalue weighted by molar-refractivity contribution is 0.479. The monoisotopic (exact) mass is 816 g/mol. The van der Waals surface area contributed by atoms with E-state index in [9.17, 15) is 0 Å². The van der Waals surface area contributed by atoms with Crippen LogP contribution >= 0.6 is 0 Å². The van der Waals surface area contributed by atoms with E-state index in [0.29, 0.717) is 6.67 Å². The van der Waals surface area contributed by atoms with Crippen LogP contribution in [-0.2, 0) is 21.7 Å². The van der Waals surface area contributed by atoms with Crippen molar-refractivity contribution in [3.63, 3.8) is 0 Å². The molecule has 0 saturated heterocycles. The van der Waals surface area contributed by atoms with Gasteiger partial charge in [0.2, 0.25) is 0 Å². The minimum absolute atomic E-state index is 0.0310. The largest absolute Gasteiger partial charge is 0.457 e. The molecule has 0 fully saturated rings. The van der Waals surface area contributed by atoms with Crippen LogP contribution in [-0.4, -0.2) is 16.2 Å². The van der Waals surface area contributed by atoms with Crippen LogP contribution in [0.25, 0.3) is 27.6 Å². The van der Waals surface area contributed by atoms with Gasteiger partial charge in [-0.1, -0.05) is 137 Å². The summed E-state index contributed by atoms with van der Waals surface area (Å²) in [5, 5.41) is 2.35. The summed E-state index contributed by atoms with van der Waals surface area (Å²) >= 11 is 0. The van der Waals surface area contributed by atoms with E-state index in [-0.39, 0.29) is 21.7 Å². The molecule has 0 amide bonds. The van der Waals surface area contributed by atoms with Gasteiger partial charge >= 0.3 is 0 Å². The maximum Gasteiger partial charge on any atom is 0.137 e. The van der Waals surface area contributed by atoms with Crippen molar-refractivity contribution < 1.29 is 4.74 Å². The normalized spacial score (nSPS) is 13.6. The second-order valence-electron chi connectivity index (χ2n) is 20.7. The molecule has 5 heteroatoms. The van der Waals surface area contributed by atoms with Crippen LogP contribution in [0.4, 0.5) is 22.7 Å². The molecule has 5 nitrogen and oxygen atoms in total. The van der Waals surface area contributed by atoms with Gasteiger partial charge in [-0.2, -0.15) is 0 Å². The predicted molar refractivity (Wildman–Crippen MR) is 262 cm³/mol. The quantitative estimate of drug-likeness (QED) is 0.160. The Morgan fingerprint density at radius 2 is 1.06 bits per heavy atom. The second-order valence-corrected chi connectivity index (χ2v) is 20.7. The predicted octanol–water partition coefficient (Wildman–Crippen LogP) is 15.4. The topological polar surface area (TPSA) is 33.5 Å². The fourth-order valence-electron chi connectivity index (χ4n) is 8.89. The molecule has 314 valence electrons. The Hall–Kier alpha value is -6.33. The van der Waals surface area contributed by atoms with Crippen LogP contribution in [0.2, 0.25) is 0 Å². The Bertz CT molecular complexity index is 2950. The van der Waals surface area contributed by atoms with Crippen molar-refractivity contribution in [2.24, 2.45) is 0 Å². The molecule has 2 aromatic heterocycles. The summed E-state index contributed by atoms with van der Waals surface area (Å²) < 4.78 is 9.31. The number of fused-ring (bicyclic) bond motifs is 4. The number of nitrogens with zero attached hydrogens (tertiary/aromatic N) is 4. The van der Waals surface area contributed by atoms with Gasteiger partial charge in [0.1, 0.15) is 24.0 Å². The minimum Gasteiger partial charge on any atom is -0.457 e. The summed E-state index contributed by atoms with van der Waals surface area (Å²) in [5.41, 5.74) is 12.9. The summed E-state index contributed by atoms with van der Waals surface area (Å²) in [7, 11) is 0. The van der Waals surface area contributed by atoms with Crippen LogP contribution in [0.3, 0.4) is 0 Å². The molecule has 1 aliphatic rings. The smallest absolute Gasteiger partial charge is 0.137 e. The zero-order valence-corrected chi connectivity index (χ0v) is 38.3. The molecule has 0 spiro atoms. The highest BCUT2D eigenvalue weighted by Crippen LogP contribution is 2.47. The fourth-order valence-corrected chi connectivity index (χ4v) is 8.89. The van der Waals surface area contributed by atoms with Crippen molar-refractivity contribution in [1.82, 2.24) is 9.55 Å². The van der Waals surface area contributed by atoms with Crippen LogP contribution in [0.5, 0.6) is 11.5 Å². The number of ether oxygens (including phenoxy) is 1. The maximum absolute atomic E-state index is 7.00. The lowest BCUT2D eigenvalue weighted by Gasteiger charge is -2.27. The molecule has 0 saturated carbocycles. The number of rotatable bonds is 7. The third-order valence-corrected chi connectivity index (χ3v) is 12.9. The standard InChI is InChI=1S/C57H60N4O/c1-54(2,3)39-20-17-21-43(30-39)59-37-60(51-23-16-15-22-50(51)59)44-31-42(56(7,8)9)32-46(35-44)62-45-25-26-47-48-33-41(57(10,11)38-18-13-12-14-19-38)24-27-49(48)61(52(47)36-45)53-34-40(28-29-58-53)55(4,5)6/h12-36H,37H2,1-11H3. The highest BCUT2D eigenvalue weighted by atomic mass is 16.5. The molecular weight excluding hydrogens is 757 g/mol. The van der Waals surface area contributed by atoms with Gasteiger partial charge in [0, 0.05) is 45.9 Å². The van der Waals surface area contributed by atoms with E-state index in [0.717, 1.165) is 39.4 Å². The average molecular weight is 817 g/mol. The Morgan fingerprint density at radius 3 is 1.76 bits per heavy atom. The van der Waals surface area contributed by atoms with Crippen molar-refractivity contribution in [2.45, 2.75) is 97.8 Å². The summed E-state index contributed by atoms with van der Waals surface area (Å²) in [6.45, 7) is 25.7. The third kappa shape index (κ3) is 7.52. The van der Waals surface area contributed by atoms with Crippen LogP contribution < -0.4 is 14.5 Å². The van der Waals surface area contributed by atoms with Crippen LogP contribution in [0.15, 0.2) is 152 Å². The molecule has 6 aromatic carbocycles. The van der Waals surface area contributed by atoms with E-state index in [1.54, 1.807) is 0 Å². The molecule has 62 heavy (non-hydrogen) atoms. The fraction of sp³-hybridized carbons (Fsp3) is 0.281. The van der Waals surface area contributed by atoms with Crippen molar-refractivity contribution in [3.05, 3.63) is 180 Å². The van der Waals surface area contributed by atoms with Crippen LogP contribution in [0, 0.1) is 0 Å². The molecule has 3 heterocycles. The summed E-state index contributed by atoms with van der Waals surface area (Å²) in [4.78, 5) is 9.85. The van der Waals surface area contributed by atoms with Gasteiger partial charge in [0.25, 0.3) is 0 Å². The van der Waals surface area contributed by atoms with Gasteiger partial charge in [-0.3, -0.25) is 4.57 Å². The number of hydrogen-bond acceptors (Lipinski definition) is 4. The third-order valence-electron chi connectivity index (χ3n) is 12.9. The zero-order chi connectivity index (χ0) is 43.8.